The van der Waals surface area contributed by atoms with Crippen LogP contribution in [0.4, 0.5) is 0 Å². The molecule has 0 radical (unpaired) electrons. The molecule has 0 aliphatic carbocycles. The van der Waals surface area contributed by atoms with Crippen molar-refractivity contribution in [2.45, 2.75) is 19.9 Å². The van der Waals surface area contributed by atoms with E-state index >= 15 is 0 Å². The number of fused-ring (bicyclic) bond motifs is 1. The minimum absolute atomic E-state index is 0.0940. The lowest BCUT2D eigenvalue weighted by Crippen LogP contribution is -2.16. The predicted octanol–water partition coefficient (Wildman–Crippen LogP) is 2.91. The molecule has 2 aromatic rings. The summed E-state index contributed by atoms with van der Waals surface area (Å²) in [6.45, 7) is 2.02. The minimum Gasteiger partial charge on any atom is -0.327 e. The van der Waals surface area contributed by atoms with E-state index in [4.69, 9.17) is 23.2 Å². The van der Waals surface area contributed by atoms with E-state index in [1.807, 2.05) is 16.7 Å². The fraction of sp³-hybridized carbons (Fsp3) is 0.462. The number of hydrogen-bond donors (Lipinski definition) is 0. The van der Waals surface area contributed by atoms with Crippen molar-refractivity contribution in [2.24, 2.45) is 0 Å². The van der Waals surface area contributed by atoms with Gasteiger partial charge in [0, 0.05) is 24.6 Å². The van der Waals surface area contributed by atoms with Gasteiger partial charge in [-0.3, -0.25) is 0 Å². The Bertz CT molecular complexity index is 710. The number of benzene rings is 1. The van der Waals surface area contributed by atoms with E-state index in [0.717, 1.165) is 11.3 Å². The summed E-state index contributed by atoms with van der Waals surface area (Å²) in [6.07, 6.45) is 0.582. The van der Waals surface area contributed by atoms with Crippen LogP contribution < -0.4 is 0 Å². The first-order chi connectivity index (χ1) is 9.48. The summed E-state index contributed by atoms with van der Waals surface area (Å²) in [4.78, 5) is 4.48. The average molecular weight is 335 g/mol. The second kappa shape index (κ2) is 6.33. The average Bonchev–Trinajstić information content (AvgIpc) is 2.76. The summed E-state index contributed by atoms with van der Waals surface area (Å²) in [5.41, 5.74) is 1.55. The molecule has 0 unspecified atom stereocenters. The minimum atomic E-state index is -3.02. The van der Waals surface area contributed by atoms with Gasteiger partial charge in [0.25, 0.3) is 0 Å². The quantitative estimate of drug-likeness (QED) is 0.763. The Balaban J connectivity index is 2.44. The first kappa shape index (κ1) is 15.6. The second-order valence-corrected chi connectivity index (χ2v) is 7.72. The molecule has 2 rings (SSSR count). The summed E-state index contributed by atoms with van der Waals surface area (Å²) in [5.74, 6) is 1.44. The van der Waals surface area contributed by atoms with Crippen LogP contribution in [0.25, 0.3) is 11.0 Å². The Kier molecular flexibility index (Phi) is 4.94. The molecule has 0 spiro atoms. The summed E-state index contributed by atoms with van der Waals surface area (Å²) < 4.78 is 25.3. The molecule has 0 saturated heterocycles. The molecule has 4 nitrogen and oxygen atoms in total. The summed E-state index contributed by atoms with van der Waals surface area (Å²) in [6, 6.07) is 5.50. The largest absolute Gasteiger partial charge is 0.327 e. The molecule has 0 aliphatic rings. The molecule has 20 heavy (non-hydrogen) atoms. The van der Waals surface area contributed by atoms with Gasteiger partial charge in [-0.1, -0.05) is 24.6 Å². The number of para-hydroxylation sites is 1. The van der Waals surface area contributed by atoms with Crippen molar-refractivity contribution in [1.82, 2.24) is 9.55 Å². The number of imidazole rings is 1. The highest BCUT2D eigenvalue weighted by atomic mass is 35.5. The maximum absolute atomic E-state index is 11.7. The van der Waals surface area contributed by atoms with Crippen LogP contribution in [0.15, 0.2) is 18.2 Å². The molecule has 0 fully saturated rings. The Morgan fingerprint density at radius 3 is 2.75 bits per heavy atom. The van der Waals surface area contributed by atoms with Crippen molar-refractivity contribution in [1.29, 1.82) is 0 Å². The first-order valence-electron chi connectivity index (χ1n) is 6.38. The van der Waals surface area contributed by atoms with E-state index in [1.54, 1.807) is 13.0 Å². The van der Waals surface area contributed by atoms with Gasteiger partial charge >= 0.3 is 0 Å². The van der Waals surface area contributed by atoms with Crippen molar-refractivity contribution >= 4 is 44.1 Å². The van der Waals surface area contributed by atoms with E-state index in [0.29, 0.717) is 29.4 Å². The van der Waals surface area contributed by atoms with E-state index in [-0.39, 0.29) is 11.5 Å². The highest BCUT2D eigenvalue weighted by molar-refractivity contribution is 7.91. The number of aryl methyl sites for hydroxylation is 2. The van der Waals surface area contributed by atoms with Gasteiger partial charge in [0.15, 0.2) is 9.84 Å². The molecule has 0 saturated carbocycles. The number of sulfone groups is 1. The number of hydrogen-bond acceptors (Lipinski definition) is 3. The smallest absolute Gasteiger partial charge is 0.151 e. The number of aromatic nitrogens is 2. The number of nitrogens with zero attached hydrogens (tertiary/aromatic N) is 2. The summed E-state index contributed by atoms with van der Waals surface area (Å²) in [5, 5.41) is 0.565. The molecule has 0 bridgehead atoms. The summed E-state index contributed by atoms with van der Waals surface area (Å²) in [7, 11) is -3.02. The Morgan fingerprint density at radius 2 is 2.10 bits per heavy atom. The molecule has 1 aromatic carbocycles. The molecule has 110 valence electrons. The van der Waals surface area contributed by atoms with E-state index < -0.39 is 9.84 Å². The predicted molar refractivity (Wildman–Crippen MR) is 83.5 cm³/mol. The fourth-order valence-electron chi connectivity index (χ4n) is 2.06. The van der Waals surface area contributed by atoms with Crippen LogP contribution in [-0.4, -0.2) is 35.4 Å². The van der Waals surface area contributed by atoms with Gasteiger partial charge in [-0.2, -0.15) is 0 Å². The third-order valence-corrected chi connectivity index (χ3v) is 5.37. The van der Waals surface area contributed by atoms with Crippen LogP contribution in [0.5, 0.6) is 0 Å². The molecule has 0 N–H and O–H groups in total. The van der Waals surface area contributed by atoms with Crippen LogP contribution >= 0.6 is 23.2 Å². The molecule has 0 aliphatic heterocycles. The molecule has 7 heteroatoms. The number of halogens is 2. The van der Waals surface area contributed by atoms with Crippen molar-refractivity contribution in [3.05, 3.63) is 29.0 Å². The Morgan fingerprint density at radius 1 is 1.35 bits per heavy atom. The zero-order chi connectivity index (χ0) is 14.8. The normalized spacial score (nSPS) is 12.2. The summed E-state index contributed by atoms with van der Waals surface area (Å²) >= 11 is 11.9. The zero-order valence-corrected chi connectivity index (χ0v) is 13.5. The third-order valence-electron chi connectivity index (χ3n) is 3.19. The Hall–Kier alpha value is -0.780. The van der Waals surface area contributed by atoms with E-state index in [2.05, 4.69) is 4.98 Å². The lowest BCUT2D eigenvalue weighted by molar-refractivity contribution is 0.589. The molecule has 0 amide bonds. The Labute approximate surface area is 128 Å². The van der Waals surface area contributed by atoms with Gasteiger partial charge in [-0.25, -0.2) is 13.4 Å². The zero-order valence-electron chi connectivity index (χ0n) is 11.1. The highest BCUT2D eigenvalue weighted by Crippen LogP contribution is 2.24. The maximum atomic E-state index is 11.7. The monoisotopic (exact) mass is 334 g/mol. The van der Waals surface area contributed by atoms with E-state index in [9.17, 15) is 8.42 Å². The topological polar surface area (TPSA) is 52.0 Å². The highest BCUT2D eigenvalue weighted by Gasteiger charge is 2.15. The van der Waals surface area contributed by atoms with Gasteiger partial charge in [-0.15, -0.1) is 11.6 Å². The van der Waals surface area contributed by atoms with Crippen LogP contribution in [-0.2, 0) is 22.8 Å². The van der Waals surface area contributed by atoms with Crippen molar-refractivity contribution in [3.63, 3.8) is 0 Å². The van der Waals surface area contributed by atoms with Gasteiger partial charge in [0.2, 0.25) is 0 Å². The third kappa shape index (κ3) is 3.27. The number of alkyl halides is 1. The second-order valence-electron chi connectivity index (χ2n) is 4.46. The fourth-order valence-corrected chi connectivity index (χ4v) is 3.19. The molecular weight excluding hydrogens is 319 g/mol. The molecule has 0 atom stereocenters. The number of rotatable bonds is 6. The van der Waals surface area contributed by atoms with E-state index in [1.165, 1.54) is 0 Å². The van der Waals surface area contributed by atoms with Crippen LogP contribution in [0.3, 0.4) is 0 Å². The maximum Gasteiger partial charge on any atom is 0.151 e. The standard InChI is InChI=1S/C13H16Cl2N2O2S/c1-2-20(18,19)9-8-17-11-5-3-4-10(15)13(11)16-12(17)6-7-14/h3-5H,2,6-9H2,1H3. The first-order valence-corrected chi connectivity index (χ1v) is 9.12. The van der Waals surface area contributed by atoms with Gasteiger partial charge in [0.05, 0.1) is 16.3 Å². The molecule has 1 heterocycles. The SMILES string of the molecule is CCS(=O)(=O)CCn1c(CCCl)nc2c(Cl)cccc21. The van der Waals surface area contributed by atoms with Crippen molar-refractivity contribution < 1.29 is 8.42 Å². The van der Waals surface area contributed by atoms with Crippen molar-refractivity contribution in [3.8, 4) is 0 Å². The molecular formula is C13H16Cl2N2O2S. The van der Waals surface area contributed by atoms with Gasteiger partial charge < -0.3 is 4.57 Å². The lowest BCUT2D eigenvalue weighted by atomic mass is 10.3. The molecule has 1 aromatic heterocycles. The van der Waals surface area contributed by atoms with Crippen LogP contribution in [0.2, 0.25) is 5.02 Å². The van der Waals surface area contributed by atoms with Crippen molar-refractivity contribution in [2.75, 3.05) is 17.4 Å². The van der Waals surface area contributed by atoms with Gasteiger partial charge in [-0.05, 0) is 12.1 Å². The van der Waals surface area contributed by atoms with Gasteiger partial charge in [0.1, 0.15) is 11.3 Å². The van der Waals surface area contributed by atoms with Crippen LogP contribution in [0, 0.1) is 0 Å². The lowest BCUT2D eigenvalue weighted by Gasteiger charge is -2.08. The van der Waals surface area contributed by atoms with Crippen LogP contribution in [0.1, 0.15) is 12.7 Å².